The highest BCUT2D eigenvalue weighted by Gasteiger charge is 2.40. The van der Waals surface area contributed by atoms with Crippen LogP contribution in [0.15, 0.2) is 42.5 Å². The fraction of sp³-hybridized carbons (Fsp3) is 0.409. The summed E-state index contributed by atoms with van der Waals surface area (Å²) >= 11 is 13.0. The van der Waals surface area contributed by atoms with Crippen molar-refractivity contribution < 1.29 is 14.0 Å². The molecule has 0 amide bonds. The minimum Gasteiger partial charge on any atom is -0.465 e. The van der Waals surface area contributed by atoms with Crippen LogP contribution in [0.1, 0.15) is 48.4 Å². The fourth-order valence-corrected chi connectivity index (χ4v) is 4.57. The second kappa shape index (κ2) is 9.00. The van der Waals surface area contributed by atoms with Gasteiger partial charge in [0.05, 0.1) is 18.8 Å². The lowest BCUT2D eigenvalue weighted by Crippen LogP contribution is -2.42. The zero-order valence-electron chi connectivity index (χ0n) is 17.3. The van der Waals surface area contributed by atoms with Crippen LogP contribution >= 0.6 is 23.2 Å². The number of carbonyl (C=O) groups excluding carboxylic acids is 1. The summed E-state index contributed by atoms with van der Waals surface area (Å²) in [5.41, 5.74) is 2.36. The van der Waals surface area contributed by atoms with Crippen LogP contribution in [0.2, 0.25) is 28.2 Å². The van der Waals surface area contributed by atoms with E-state index in [0.29, 0.717) is 22.0 Å². The average Bonchev–Trinajstić information content (AvgIpc) is 2.60. The third-order valence-corrected chi connectivity index (χ3v) is 10.5. The van der Waals surface area contributed by atoms with E-state index in [9.17, 15) is 4.79 Å². The highest BCUT2D eigenvalue weighted by Crippen LogP contribution is 2.43. The van der Waals surface area contributed by atoms with E-state index in [1.165, 1.54) is 7.11 Å². The molecule has 0 spiro atoms. The number of methoxy groups -OCH3 is 1. The molecule has 0 aliphatic rings. The summed E-state index contributed by atoms with van der Waals surface area (Å²) in [6.07, 6.45) is 0.336. The zero-order valence-corrected chi connectivity index (χ0v) is 19.8. The molecule has 0 aliphatic heterocycles. The molecule has 0 aliphatic carbocycles. The maximum Gasteiger partial charge on any atom is 0.337 e. The molecule has 0 saturated carbocycles. The number of esters is 1. The normalized spacial score (nSPS) is 13.3. The Labute approximate surface area is 179 Å². The molecular weight excluding hydrogens is 411 g/mol. The minimum absolute atomic E-state index is 0.0493. The quantitative estimate of drug-likeness (QED) is 0.356. The molecule has 0 aromatic heterocycles. The van der Waals surface area contributed by atoms with Crippen LogP contribution in [0.4, 0.5) is 0 Å². The van der Waals surface area contributed by atoms with E-state index >= 15 is 0 Å². The molecule has 0 N–H and O–H groups in total. The third kappa shape index (κ3) is 5.38. The second-order valence-electron chi connectivity index (χ2n) is 8.39. The first-order valence-corrected chi connectivity index (χ1v) is 12.9. The van der Waals surface area contributed by atoms with Gasteiger partial charge >= 0.3 is 5.97 Å². The molecule has 0 saturated heterocycles. The number of hydrogen-bond donors (Lipinski definition) is 0. The predicted molar refractivity (Wildman–Crippen MR) is 119 cm³/mol. The van der Waals surface area contributed by atoms with E-state index < -0.39 is 8.32 Å². The van der Waals surface area contributed by atoms with Gasteiger partial charge in [-0.25, -0.2) is 4.79 Å². The molecule has 152 valence electrons. The highest BCUT2D eigenvalue weighted by molar-refractivity contribution is 6.74. The fourth-order valence-electron chi connectivity index (χ4n) is 2.66. The lowest BCUT2D eigenvalue weighted by molar-refractivity contribution is 0.0600. The van der Waals surface area contributed by atoms with E-state index in [2.05, 4.69) is 33.9 Å². The van der Waals surface area contributed by atoms with Crippen molar-refractivity contribution in [3.05, 3.63) is 69.2 Å². The van der Waals surface area contributed by atoms with Crippen molar-refractivity contribution in [3.63, 3.8) is 0 Å². The molecule has 1 unspecified atom stereocenters. The van der Waals surface area contributed by atoms with E-state index in [-0.39, 0.29) is 17.1 Å². The Kier molecular flexibility index (Phi) is 7.37. The molecule has 28 heavy (non-hydrogen) atoms. The van der Waals surface area contributed by atoms with Crippen LogP contribution in [0, 0.1) is 0 Å². The monoisotopic (exact) mass is 438 g/mol. The summed E-state index contributed by atoms with van der Waals surface area (Å²) in [7, 11) is -0.703. The van der Waals surface area contributed by atoms with E-state index in [0.717, 1.165) is 11.1 Å². The summed E-state index contributed by atoms with van der Waals surface area (Å²) in [6, 6.07) is 12.9. The van der Waals surface area contributed by atoms with Gasteiger partial charge in [0.2, 0.25) is 0 Å². The largest absolute Gasteiger partial charge is 0.465 e. The zero-order chi connectivity index (χ0) is 21.1. The van der Waals surface area contributed by atoms with Gasteiger partial charge in [-0.1, -0.05) is 62.2 Å². The Bertz CT molecular complexity index is 806. The third-order valence-electron chi connectivity index (χ3n) is 5.36. The first-order chi connectivity index (χ1) is 13.0. The minimum atomic E-state index is -2.08. The Hall–Kier alpha value is -1.33. The Morgan fingerprint density at radius 1 is 1.04 bits per heavy atom. The molecular formula is C22H28Cl2O3Si. The van der Waals surface area contributed by atoms with Crippen molar-refractivity contribution in [2.24, 2.45) is 0 Å². The van der Waals surface area contributed by atoms with Crippen LogP contribution in [0.3, 0.4) is 0 Å². The van der Waals surface area contributed by atoms with E-state index in [1.54, 1.807) is 12.1 Å². The van der Waals surface area contributed by atoms with Gasteiger partial charge in [0, 0.05) is 22.0 Å². The number of halogens is 2. The summed E-state index contributed by atoms with van der Waals surface area (Å²) in [6.45, 7) is 11.0. The summed E-state index contributed by atoms with van der Waals surface area (Å²) in [5.74, 6) is -0.352. The standard InChI is InChI=1S/C22H28Cl2O3Si/c1-22(2,3)28(5,6)27-19(20-17(23)8-7-9-18(20)24)14-15-10-12-16(13-11-15)21(25)26-4/h7-13,19H,14H2,1-6H3. The molecule has 1 atom stereocenters. The van der Waals surface area contributed by atoms with E-state index in [1.807, 2.05) is 30.3 Å². The molecule has 2 aromatic carbocycles. The number of ether oxygens (including phenoxy) is 1. The molecule has 2 aromatic rings. The maximum absolute atomic E-state index is 11.7. The van der Waals surface area contributed by atoms with Crippen LogP contribution in [0.25, 0.3) is 0 Å². The second-order valence-corrected chi connectivity index (χ2v) is 14.0. The molecule has 0 heterocycles. The van der Waals surface area contributed by atoms with Crippen LogP contribution < -0.4 is 0 Å². The van der Waals surface area contributed by atoms with Crippen LogP contribution in [0.5, 0.6) is 0 Å². The first-order valence-electron chi connectivity index (χ1n) is 9.25. The average molecular weight is 439 g/mol. The molecule has 6 heteroatoms. The van der Waals surface area contributed by atoms with E-state index in [4.69, 9.17) is 32.4 Å². The number of benzene rings is 2. The van der Waals surface area contributed by atoms with Crippen molar-refractivity contribution in [1.82, 2.24) is 0 Å². The van der Waals surface area contributed by atoms with Crippen molar-refractivity contribution in [1.29, 1.82) is 0 Å². The van der Waals surface area contributed by atoms with Gasteiger partial charge in [0.25, 0.3) is 0 Å². The topological polar surface area (TPSA) is 35.5 Å². The summed E-state index contributed by atoms with van der Waals surface area (Å²) < 4.78 is 11.5. The van der Waals surface area contributed by atoms with Gasteiger partial charge in [-0.05, 0) is 48.0 Å². The smallest absolute Gasteiger partial charge is 0.337 e. The summed E-state index contributed by atoms with van der Waals surface area (Å²) in [5, 5.41) is 1.25. The van der Waals surface area contributed by atoms with Crippen LogP contribution in [-0.4, -0.2) is 21.4 Å². The van der Waals surface area contributed by atoms with Gasteiger partial charge in [-0.15, -0.1) is 0 Å². The van der Waals surface area contributed by atoms with Gasteiger partial charge in [-0.2, -0.15) is 0 Å². The Morgan fingerprint density at radius 3 is 2.04 bits per heavy atom. The molecule has 0 bridgehead atoms. The highest BCUT2D eigenvalue weighted by atomic mass is 35.5. The lowest BCUT2D eigenvalue weighted by atomic mass is 10.0. The molecule has 2 rings (SSSR count). The Morgan fingerprint density at radius 2 is 1.57 bits per heavy atom. The van der Waals surface area contributed by atoms with Gasteiger partial charge in [0.15, 0.2) is 8.32 Å². The Balaban J connectivity index is 2.40. The number of hydrogen-bond acceptors (Lipinski definition) is 3. The van der Waals surface area contributed by atoms with Gasteiger partial charge < -0.3 is 9.16 Å². The van der Waals surface area contributed by atoms with Gasteiger partial charge in [0.1, 0.15) is 0 Å². The van der Waals surface area contributed by atoms with Gasteiger partial charge in [-0.3, -0.25) is 0 Å². The van der Waals surface area contributed by atoms with Crippen molar-refractivity contribution >= 4 is 37.5 Å². The number of carbonyl (C=O) groups is 1. The molecule has 0 fully saturated rings. The molecule has 0 radical (unpaired) electrons. The van der Waals surface area contributed by atoms with Crippen molar-refractivity contribution in [2.75, 3.05) is 7.11 Å². The maximum atomic E-state index is 11.7. The van der Waals surface area contributed by atoms with Crippen LogP contribution in [-0.2, 0) is 15.6 Å². The molecule has 3 nitrogen and oxygen atoms in total. The number of rotatable bonds is 6. The first kappa shape index (κ1) is 23.0. The SMILES string of the molecule is COC(=O)c1ccc(CC(O[Si](C)(C)C(C)(C)C)c2c(Cl)cccc2Cl)cc1. The predicted octanol–water partition coefficient (Wildman–Crippen LogP) is 7.09. The summed E-state index contributed by atoms with van der Waals surface area (Å²) in [4.78, 5) is 11.7. The van der Waals surface area contributed by atoms with Crippen molar-refractivity contribution in [2.45, 2.75) is 51.4 Å². The van der Waals surface area contributed by atoms with Crippen molar-refractivity contribution in [3.8, 4) is 0 Å². The lowest BCUT2D eigenvalue weighted by Gasteiger charge is -2.40.